The van der Waals surface area contributed by atoms with Gasteiger partial charge in [0.1, 0.15) is 6.04 Å². The molecule has 194 valence electrons. The predicted molar refractivity (Wildman–Crippen MR) is 143 cm³/mol. The highest BCUT2D eigenvalue weighted by molar-refractivity contribution is 7.89. The zero-order valence-electron chi connectivity index (χ0n) is 20.8. The van der Waals surface area contributed by atoms with Gasteiger partial charge in [-0.25, -0.2) is 8.42 Å². The zero-order valence-corrected chi connectivity index (χ0v) is 21.6. The maximum absolute atomic E-state index is 13.3. The fourth-order valence-electron chi connectivity index (χ4n) is 4.29. The molecule has 1 heterocycles. The minimum atomic E-state index is -3.99. The van der Waals surface area contributed by atoms with Gasteiger partial charge in [0.15, 0.2) is 0 Å². The fraction of sp³-hybridized carbons (Fsp3) is 0.286. The van der Waals surface area contributed by atoms with Crippen molar-refractivity contribution in [1.82, 2.24) is 14.9 Å². The molecule has 3 N–H and O–H groups in total. The van der Waals surface area contributed by atoms with Crippen LogP contribution in [0.4, 0.5) is 5.69 Å². The van der Waals surface area contributed by atoms with Crippen molar-refractivity contribution in [3.63, 3.8) is 0 Å². The summed E-state index contributed by atoms with van der Waals surface area (Å²) in [6.45, 7) is 1.74. The largest absolute Gasteiger partial charge is 0.353 e. The van der Waals surface area contributed by atoms with Crippen LogP contribution in [0.3, 0.4) is 0 Å². The van der Waals surface area contributed by atoms with Crippen LogP contribution in [-0.4, -0.2) is 51.3 Å². The topological polar surface area (TPSA) is 108 Å². The van der Waals surface area contributed by atoms with Gasteiger partial charge < -0.3 is 15.5 Å². The summed E-state index contributed by atoms with van der Waals surface area (Å²) in [6.07, 6.45) is 0.989. The second-order valence-electron chi connectivity index (χ2n) is 9.25. The first-order valence-electron chi connectivity index (χ1n) is 12.3. The molecule has 0 bridgehead atoms. The molecule has 0 aromatic heterocycles. The number of hydrogen-bond acceptors (Lipinski definition) is 5. The summed E-state index contributed by atoms with van der Waals surface area (Å²) in [5, 5.41) is 5.65. The molecule has 1 unspecified atom stereocenters. The molecular formula is C28H32N4O4S. The highest BCUT2D eigenvalue weighted by atomic mass is 32.2. The van der Waals surface area contributed by atoms with Crippen LogP contribution in [0.1, 0.15) is 23.1 Å². The van der Waals surface area contributed by atoms with Gasteiger partial charge >= 0.3 is 0 Å². The Labute approximate surface area is 218 Å². The quantitative estimate of drug-likeness (QED) is 0.360. The van der Waals surface area contributed by atoms with Crippen molar-refractivity contribution >= 4 is 27.5 Å². The number of carbonyl (C=O) groups excluding carboxylic acids is 2. The first-order valence-corrected chi connectivity index (χ1v) is 13.8. The van der Waals surface area contributed by atoms with Crippen LogP contribution >= 0.6 is 0 Å². The molecular weight excluding hydrogens is 488 g/mol. The highest BCUT2D eigenvalue weighted by Crippen LogP contribution is 2.25. The number of nitrogens with zero attached hydrogens (tertiary/aromatic N) is 1. The Bertz CT molecular complexity index is 1330. The maximum Gasteiger partial charge on any atom is 0.241 e. The van der Waals surface area contributed by atoms with Crippen LogP contribution in [-0.2, 0) is 39.0 Å². The van der Waals surface area contributed by atoms with E-state index < -0.39 is 16.1 Å². The van der Waals surface area contributed by atoms with Crippen LogP contribution in [0.15, 0.2) is 83.8 Å². The zero-order chi connectivity index (χ0) is 26.3. The van der Waals surface area contributed by atoms with E-state index >= 15 is 0 Å². The van der Waals surface area contributed by atoms with Crippen LogP contribution in [0.2, 0.25) is 0 Å². The number of amides is 2. The molecule has 9 heteroatoms. The van der Waals surface area contributed by atoms with E-state index in [0.29, 0.717) is 31.6 Å². The first kappa shape index (κ1) is 26.5. The normalized spacial score (nSPS) is 14.1. The number of aryl methyl sites for hydroxylation is 1. The molecule has 8 nitrogen and oxygen atoms in total. The predicted octanol–water partition coefficient (Wildman–Crippen LogP) is 2.71. The van der Waals surface area contributed by atoms with E-state index in [1.54, 1.807) is 12.1 Å². The molecule has 0 radical (unpaired) electrons. The minimum absolute atomic E-state index is 0.0656. The van der Waals surface area contributed by atoms with Gasteiger partial charge in [-0.3, -0.25) is 9.59 Å². The molecule has 1 aliphatic rings. The van der Waals surface area contributed by atoms with Crippen molar-refractivity contribution in [3.8, 4) is 0 Å². The lowest BCUT2D eigenvalue weighted by Gasteiger charge is -2.22. The summed E-state index contributed by atoms with van der Waals surface area (Å²) < 4.78 is 29.2. The second kappa shape index (κ2) is 12.1. The summed E-state index contributed by atoms with van der Waals surface area (Å²) in [7, 11) is -2.01. The van der Waals surface area contributed by atoms with Gasteiger partial charge in [0.2, 0.25) is 21.8 Å². The Kier molecular flexibility index (Phi) is 8.70. The van der Waals surface area contributed by atoms with Crippen molar-refractivity contribution in [2.45, 2.75) is 36.7 Å². The lowest BCUT2D eigenvalue weighted by molar-refractivity contribution is -0.122. The molecule has 4 rings (SSSR count). The number of nitrogens with one attached hydrogen (secondary N) is 3. The number of anilines is 1. The number of sulfonamides is 1. The Morgan fingerprint density at radius 1 is 0.973 bits per heavy atom. The molecule has 1 atom stereocenters. The van der Waals surface area contributed by atoms with E-state index in [9.17, 15) is 18.0 Å². The highest BCUT2D eigenvalue weighted by Gasteiger charge is 2.27. The molecule has 1 aliphatic heterocycles. The molecule has 37 heavy (non-hydrogen) atoms. The number of hydrogen-bond donors (Lipinski definition) is 3. The number of carbonyl (C=O) groups is 2. The van der Waals surface area contributed by atoms with E-state index in [0.717, 1.165) is 17.7 Å². The standard InChI is InChI=1S/C28H32N4O4S/c1-32(20-22-10-6-3-7-11-22)17-16-29-28(34)26(18-21-8-4-2-5-9-21)31-37(35,36)24-13-14-25-23(19-24)12-15-27(33)30-25/h2-11,13-14,19,26,31H,12,15-18,20H2,1H3,(H,29,34)(H,30,33). The average molecular weight is 521 g/mol. The summed E-state index contributed by atoms with van der Waals surface area (Å²) >= 11 is 0. The van der Waals surface area contributed by atoms with E-state index in [-0.39, 0.29) is 23.1 Å². The summed E-state index contributed by atoms with van der Waals surface area (Å²) in [5.74, 6) is -0.471. The van der Waals surface area contributed by atoms with Crippen LogP contribution in [0.25, 0.3) is 0 Å². The maximum atomic E-state index is 13.3. The molecule has 0 saturated heterocycles. The van der Waals surface area contributed by atoms with Crippen molar-refractivity contribution < 1.29 is 18.0 Å². The summed E-state index contributed by atoms with van der Waals surface area (Å²) in [6, 6.07) is 23.0. The Morgan fingerprint density at radius 2 is 1.65 bits per heavy atom. The van der Waals surface area contributed by atoms with Crippen LogP contribution in [0, 0.1) is 0 Å². The summed E-state index contributed by atoms with van der Waals surface area (Å²) in [5.41, 5.74) is 3.40. The first-order chi connectivity index (χ1) is 17.8. The van der Waals surface area contributed by atoms with Gasteiger partial charge in [-0.2, -0.15) is 4.72 Å². The third-order valence-electron chi connectivity index (χ3n) is 6.27. The lowest BCUT2D eigenvalue weighted by atomic mass is 10.0. The Balaban J connectivity index is 1.43. The number of likely N-dealkylation sites (N-methyl/N-ethyl adjacent to an activating group) is 1. The Hall–Kier alpha value is -3.53. The monoisotopic (exact) mass is 520 g/mol. The third-order valence-corrected chi connectivity index (χ3v) is 7.74. The van der Waals surface area contributed by atoms with E-state index in [1.165, 1.54) is 11.6 Å². The molecule has 0 saturated carbocycles. The molecule has 3 aromatic rings. The van der Waals surface area contributed by atoms with Gasteiger partial charge in [-0.1, -0.05) is 60.7 Å². The minimum Gasteiger partial charge on any atom is -0.353 e. The van der Waals surface area contributed by atoms with Crippen LogP contribution < -0.4 is 15.4 Å². The average Bonchev–Trinajstić information content (AvgIpc) is 2.89. The SMILES string of the molecule is CN(CCNC(=O)C(Cc1ccccc1)NS(=O)(=O)c1ccc2c(c1)CCC(=O)N2)Cc1ccccc1. The van der Waals surface area contributed by atoms with Gasteiger partial charge in [0.05, 0.1) is 4.90 Å². The second-order valence-corrected chi connectivity index (χ2v) is 11.0. The third kappa shape index (κ3) is 7.48. The van der Waals surface area contributed by atoms with Gasteiger partial charge in [-0.05, 0) is 54.8 Å². The van der Waals surface area contributed by atoms with Crippen molar-refractivity contribution in [1.29, 1.82) is 0 Å². The van der Waals surface area contributed by atoms with Crippen molar-refractivity contribution in [3.05, 3.63) is 95.6 Å². The van der Waals surface area contributed by atoms with Gasteiger partial charge in [0.25, 0.3) is 0 Å². The Morgan fingerprint density at radius 3 is 2.35 bits per heavy atom. The lowest BCUT2D eigenvalue weighted by Crippen LogP contribution is -2.49. The van der Waals surface area contributed by atoms with E-state index in [4.69, 9.17) is 0 Å². The smallest absolute Gasteiger partial charge is 0.241 e. The fourth-order valence-corrected chi connectivity index (χ4v) is 5.53. The van der Waals surface area contributed by atoms with Crippen molar-refractivity contribution in [2.75, 3.05) is 25.5 Å². The molecule has 2 amide bonds. The van der Waals surface area contributed by atoms with Crippen molar-refractivity contribution in [2.24, 2.45) is 0 Å². The van der Waals surface area contributed by atoms with Crippen LogP contribution in [0.5, 0.6) is 0 Å². The summed E-state index contributed by atoms with van der Waals surface area (Å²) in [4.78, 5) is 27.0. The number of fused-ring (bicyclic) bond motifs is 1. The molecule has 0 aliphatic carbocycles. The van der Waals surface area contributed by atoms with Gasteiger partial charge in [-0.15, -0.1) is 0 Å². The van der Waals surface area contributed by atoms with Gasteiger partial charge in [0, 0.05) is 31.7 Å². The van der Waals surface area contributed by atoms with E-state index in [2.05, 4.69) is 20.3 Å². The number of rotatable bonds is 11. The molecule has 3 aromatic carbocycles. The van der Waals surface area contributed by atoms with E-state index in [1.807, 2.05) is 67.7 Å². The number of benzene rings is 3. The molecule has 0 fully saturated rings. The molecule has 0 spiro atoms.